The third kappa shape index (κ3) is 4.36. The first kappa shape index (κ1) is 15.6. The number of likely N-dealkylation sites (N-methyl/N-ethyl adjacent to an activating group) is 1. The molecule has 0 aliphatic heterocycles. The van der Waals surface area contributed by atoms with Gasteiger partial charge < -0.3 is 9.64 Å². The standard InChI is InChI=1S/C16H17N5O/c1-21(7-8-22-2)16-6-4-13(10-20-16)3-5-14-11-19-15(9-17)12-18-14/h3-6,10-12H,7-8H2,1-2H3. The van der Waals surface area contributed by atoms with E-state index in [1.54, 1.807) is 19.5 Å². The van der Waals surface area contributed by atoms with Crippen LogP contribution in [0.3, 0.4) is 0 Å². The van der Waals surface area contributed by atoms with Crippen LogP contribution in [0.5, 0.6) is 0 Å². The lowest BCUT2D eigenvalue weighted by Gasteiger charge is -2.17. The van der Waals surface area contributed by atoms with Crippen LogP contribution in [0.15, 0.2) is 30.7 Å². The van der Waals surface area contributed by atoms with Gasteiger partial charge in [-0.1, -0.05) is 6.08 Å². The van der Waals surface area contributed by atoms with Gasteiger partial charge in [0.15, 0.2) is 5.69 Å². The zero-order valence-corrected chi connectivity index (χ0v) is 12.6. The second-order valence-corrected chi connectivity index (χ2v) is 4.64. The summed E-state index contributed by atoms with van der Waals surface area (Å²) in [5, 5.41) is 8.67. The molecular weight excluding hydrogens is 278 g/mol. The Bertz CT molecular complexity index is 658. The summed E-state index contributed by atoms with van der Waals surface area (Å²) in [6.07, 6.45) is 8.55. The van der Waals surface area contributed by atoms with Crippen molar-refractivity contribution < 1.29 is 4.74 Å². The van der Waals surface area contributed by atoms with Crippen LogP contribution in [0.4, 0.5) is 5.82 Å². The minimum Gasteiger partial charge on any atom is -0.383 e. The van der Waals surface area contributed by atoms with Crippen LogP contribution in [0.2, 0.25) is 0 Å². The van der Waals surface area contributed by atoms with E-state index < -0.39 is 0 Å². The molecule has 0 aliphatic carbocycles. The molecule has 2 rings (SSSR count). The summed E-state index contributed by atoms with van der Waals surface area (Å²) in [4.78, 5) is 14.5. The fraction of sp³-hybridized carbons (Fsp3) is 0.250. The molecule has 2 heterocycles. The minimum absolute atomic E-state index is 0.308. The van der Waals surface area contributed by atoms with E-state index in [0.29, 0.717) is 18.0 Å². The predicted molar refractivity (Wildman–Crippen MR) is 85.1 cm³/mol. The first-order valence-electron chi connectivity index (χ1n) is 6.79. The molecule has 0 radical (unpaired) electrons. The second-order valence-electron chi connectivity index (χ2n) is 4.64. The summed E-state index contributed by atoms with van der Waals surface area (Å²) in [6, 6.07) is 5.88. The molecule has 2 aromatic rings. The number of nitrogens with zero attached hydrogens (tertiary/aromatic N) is 5. The first-order chi connectivity index (χ1) is 10.7. The Hall–Kier alpha value is -2.78. The highest BCUT2D eigenvalue weighted by Crippen LogP contribution is 2.11. The molecule has 0 bridgehead atoms. The normalized spacial score (nSPS) is 10.6. The molecule has 0 saturated carbocycles. The van der Waals surface area contributed by atoms with Gasteiger partial charge in [0.2, 0.25) is 0 Å². The van der Waals surface area contributed by atoms with E-state index in [1.165, 1.54) is 6.20 Å². The zero-order chi connectivity index (χ0) is 15.8. The van der Waals surface area contributed by atoms with Crippen molar-refractivity contribution >= 4 is 18.0 Å². The monoisotopic (exact) mass is 295 g/mol. The molecule has 0 unspecified atom stereocenters. The van der Waals surface area contributed by atoms with Gasteiger partial charge in [0.1, 0.15) is 11.9 Å². The number of hydrogen-bond acceptors (Lipinski definition) is 6. The highest BCUT2D eigenvalue weighted by atomic mass is 16.5. The molecule has 0 atom stereocenters. The molecule has 112 valence electrons. The Kier molecular flexibility index (Phi) is 5.57. The third-order valence-corrected chi connectivity index (χ3v) is 3.03. The lowest BCUT2D eigenvalue weighted by atomic mass is 10.2. The van der Waals surface area contributed by atoms with Crippen LogP contribution < -0.4 is 4.90 Å². The number of nitriles is 1. The largest absolute Gasteiger partial charge is 0.383 e. The summed E-state index contributed by atoms with van der Waals surface area (Å²) in [6.45, 7) is 1.46. The van der Waals surface area contributed by atoms with Crippen LogP contribution >= 0.6 is 0 Å². The average molecular weight is 295 g/mol. The highest BCUT2D eigenvalue weighted by Gasteiger charge is 2.01. The van der Waals surface area contributed by atoms with Crippen molar-refractivity contribution in [1.82, 2.24) is 15.0 Å². The maximum atomic E-state index is 8.67. The number of pyridine rings is 1. The second kappa shape index (κ2) is 7.86. The quantitative estimate of drug-likeness (QED) is 0.811. The molecule has 0 amide bonds. The number of anilines is 1. The SMILES string of the molecule is COCCN(C)c1ccc(C=Cc2cnc(C#N)cn2)cn1. The molecule has 0 spiro atoms. The van der Waals surface area contributed by atoms with E-state index in [0.717, 1.165) is 17.9 Å². The van der Waals surface area contributed by atoms with Gasteiger partial charge in [-0.05, 0) is 23.8 Å². The van der Waals surface area contributed by atoms with Gasteiger partial charge in [-0.2, -0.15) is 5.26 Å². The average Bonchev–Trinajstić information content (AvgIpc) is 2.58. The number of hydrogen-bond donors (Lipinski definition) is 0. The van der Waals surface area contributed by atoms with E-state index in [-0.39, 0.29) is 0 Å². The van der Waals surface area contributed by atoms with Crippen molar-refractivity contribution in [1.29, 1.82) is 5.26 Å². The molecule has 22 heavy (non-hydrogen) atoms. The highest BCUT2D eigenvalue weighted by molar-refractivity contribution is 5.67. The van der Waals surface area contributed by atoms with Crippen LogP contribution in [0.25, 0.3) is 12.2 Å². The molecule has 0 saturated heterocycles. The van der Waals surface area contributed by atoms with Gasteiger partial charge in [-0.3, -0.25) is 4.98 Å². The maximum absolute atomic E-state index is 8.67. The van der Waals surface area contributed by atoms with Crippen molar-refractivity contribution in [3.05, 3.63) is 47.7 Å². The Labute approximate surface area is 129 Å². The summed E-state index contributed by atoms with van der Waals surface area (Å²) >= 11 is 0. The van der Waals surface area contributed by atoms with Crippen LogP contribution in [0, 0.1) is 11.3 Å². The van der Waals surface area contributed by atoms with Crippen molar-refractivity contribution in [3.8, 4) is 6.07 Å². The Morgan fingerprint density at radius 2 is 2.05 bits per heavy atom. The molecule has 0 aliphatic rings. The number of aromatic nitrogens is 3. The third-order valence-electron chi connectivity index (χ3n) is 3.03. The number of ether oxygens (including phenoxy) is 1. The van der Waals surface area contributed by atoms with Gasteiger partial charge in [0, 0.05) is 26.9 Å². The Balaban J connectivity index is 2.01. The predicted octanol–water partition coefficient (Wildman–Crippen LogP) is 2.00. The molecule has 0 aromatic carbocycles. The van der Waals surface area contributed by atoms with Gasteiger partial charge in [-0.15, -0.1) is 0 Å². The fourth-order valence-corrected chi connectivity index (χ4v) is 1.73. The van der Waals surface area contributed by atoms with Crippen molar-refractivity contribution in [2.75, 3.05) is 32.2 Å². The lowest BCUT2D eigenvalue weighted by Crippen LogP contribution is -2.22. The van der Waals surface area contributed by atoms with Gasteiger partial charge in [-0.25, -0.2) is 9.97 Å². The molecule has 6 nitrogen and oxygen atoms in total. The Morgan fingerprint density at radius 1 is 1.18 bits per heavy atom. The van der Waals surface area contributed by atoms with Crippen LogP contribution in [-0.2, 0) is 4.74 Å². The molecule has 2 aromatic heterocycles. The van der Waals surface area contributed by atoms with E-state index in [4.69, 9.17) is 10.00 Å². The molecular formula is C16H17N5O. The fourth-order valence-electron chi connectivity index (χ4n) is 1.73. The van der Waals surface area contributed by atoms with E-state index in [1.807, 2.05) is 42.3 Å². The van der Waals surface area contributed by atoms with Crippen LogP contribution in [0.1, 0.15) is 17.0 Å². The summed E-state index contributed by atoms with van der Waals surface area (Å²) in [5.74, 6) is 0.896. The van der Waals surface area contributed by atoms with Gasteiger partial charge >= 0.3 is 0 Å². The number of methoxy groups -OCH3 is 1. The van der Waals surface area contributed by atoms with Gasteiger partial charge in [0.25, 0.3) is 0 Å². The topological polar surface area (TPSA) is 74.9 Å². The minimum atomic E-state index is 0.308. The number of rotatable bonds is 6. The van der Waals surface area contributed by atoms with Gasteiger partial charge in [0.05, 0.1) is 24.7 Å². The molecule has 6 heteroatoms. The van der Waals surface area contributed by atoms with Crippen LogP contribution in [-0.4, -0.2) is 42.3 Å². The zero-order valence-electron chi connectivity index (χ0n) is 12.6. The van der Waals surface area contributed by atoms with E-state index >= 15 is 0 Å². The smallest absolute Gasteiger partial charge is 0.158 e. The summed E-state index contributed by atoms with van der Waals surface area (Å²) in [7, 11) is 3.66. The molecule has 0 N–H and O–H groups in total. The first-order valence-corrected chi connectivity index (χ1v) is 6.79. The van der Waals surface area contributed by atoms with E-state index in [9.17, 15) is 0 Å². The maximum Gasteiger partial charge on any atom is 0.158 e. The summed E-state index contributed by atoms with van der Waals surface area (Å²) in [5.41, 5.74) is 1.97. The lowest BCUT2D eigenvalue weighted by molar-refractivity contribution is 0.206. The van der Waals surface area contributed by atoms with Crippen molar-refractivity contribution in [2.45, 2.75) is 0 Å². The molecule has 0 fully saturated rings. The Morgan fingerprint density at radius 3 is 2.64 bits per heavy atom. The van der Waals surface area contributed by atoms with E-state index in [2.05, 4.69) is 15.0 Å². The van der Waals surface area contributed by atoms with Crippen molar-refractivity contribution in [2.24, 2.45) is 0 Å². The van der Waals surface area contributed by atoms with Crippen molar-refractivity contribution in [3.63, 3.8) is 0 Å². The summed E-state index contributed by atoms with van der Waals surface area (Å²) < 4.78 is 5.05.